The van der Waals surface area contributed by atoms with Gasteiger partial charge in [0.2, 0.25) is 0 Å². The molecule has 0 aliphatic rings. The van der Waals surface area contributed by atoms with Gasteiger partial charge in [-0.25, -0.2) is 0 Å². The highest BCUT2D eigenvalue weighted by atomic mass is 16.1. The molecule has 13 heavy (non-hydrogen) atoms. The van der Waals surface area contributed by atoms with E-state index >= 15 is 0 Å². The van der Waals surface area contributed by atoms with Gasteiger partial charge in [0.15, 0.2) is 0 Å². The number of nitrogens with zero attached hydrogens (tertiary/aromatic N) is 1. The molecule has 3 nitrogen and oxygen atoms in total. The van der Waals surface area contributed by atoms with Crippen LogP contribution < -0.4 is 0 Å². The van der Waals surface area contributed by atoms with Crippen LogP contribution in [-0.4, -0.2) is 12.1 Å². The van der Waals surface area contributed by atoms with Crippen LogP contribution in [0.4, 0.5) is 0 Å². The minimum atomic E-state index is -0.310. The minimum absolute atomic E-state index is 0.167. The molecule has 0 N–H and O–H groups in total. The third-order valence-electron chi connectivity index (χ3n) is 1.20. The van der Waals surface area contributed by atoms with Gasteiger partial charge in [-0.05, 0) is 20.3 Å². The zero-order valence-corrected chi connectivity index (χ0v) is 8.76. The molecule has 0 aromatic rings. The Morgan fingerprint density at radius 3 is 2.08 bits per heavy atom. The van der Waals surface area contributed by atoms with Crippen molar-refractivity contribution in [2.24, 2.45) is 5.41 Å². The molecule has 0 saturated carbocycles. The molecule has 0 aliphatic heterocycles. The molecule has 0 aliphatic carbocycles. The zero-order valence-electron chi connectivity index (χ0n) is 8.76. The van der Waals surface area contributed by atoms with Crippen molar-refractivity contribution >= 4 is 12.1 Å². The molecule has 0 spiro atoms. The van der Waals surface area contributed by atoms with Crippen LogP contribution in [0.25, 0.3) is 0 Å². The molecule has 0 amide bonds. The third kappa shape index (κ3) is 18.1. The molecule has 0 atom stereocenters. The number of ketones is 1. The Hall–Kier alpha value is -1.17. The summed E-state index contributed by atoms with van der Waals surface area (Å²) in [6.07, 6.45) is 2.02. The number of hydrogen-bond donors (Lipinski definition) is 0. The first-order chi connectivity index (χ1) is 5.85. The molecule has 0 aromatic heterocycles. The highest BCUT2D eigenvalue weighted by Gasteiger charge is 2.14. The summed E-state index contributed by atoms with van der Waals surface area (Å²) in [4.78, 5) is 19.7. The number of nitriles is 1. The summed E-state index contributed by atoms with van der Waals surface area (Å²) in [5.41, 5.74) is -0.310. The first kappa shape index (κ1) is 14.4. The number of carbonyl (C=O) groups is 2. The van der Waals surface area contributed by atoms with Gasteiger partial charge in [-0.15, -0.1) is 0 Å². The van der Waals surface area contributed by atoms with E-state index < -0.39 is 0 Å². The molecule has 3 heteroatoms. The fraction of sp³-hybridized carbons (Fsp3) is 0.700. The number of Topliss-reactive ketones (excluding diaryl/α,β-unsaturated/α-hetero) is 1. The van der Waals surface area contributed by atoms with Crippen LogP contribution in [0.3, 0.4) is 0 Å². The van der Waals surface area contributed by atoms with Gasteiger partial charge < -0.3 is 9.59 Å². The second kappa shape index (κ2) is 7.48. The number of carbonyl (C=O) groups excluding carboxylic acids is 2. The van der Waals surface area contributed by atoms with Gasteiger partial charge in [0, 0.05) is 11.8 Å². The normalized spacial score (nSPS) is 9.15. The highest BCUT2D eigenvalue weighted by molar-refractivity contribution is 5.72. The Morgan fingerprint density at radius 2 is 1.85 bits per heavy atom. The van der Waals surface area contributed by atoms with Crippen molar-refractivity contribution in [1.82, 2.24) is 0 Å². The standard InChI is InChI=1S/C7H11NO.C3H6O/c1-7(2,6-9)4-3-5-8;1-3(2)4/h6H,3-4H2,1-2H3;1-2H3. The van der Waals surface area contributed by atoms with Crippen molar-refractivity contribution in [1.29, 1.82) is 5.26 Å². The maximum Gasteiger partial charge on any atom is 0.126 e. The third-order valence-corrected chi connectivity index (χ3v) is 1.20. The maximum atomic E-state index is 10.2. The molecule has 0 unspecified atom stereocenters. The van der Waals surface area contributed by atoms with E-state index in [-0.39, 0.29) is 11.2 Å². The molecular weight excluding hydrogens is 166 g/mol. The average molecular weight is 183 g/mol. The molecule has 0 aromatic carbocycles. The first-order valence-electron chi connectivity index (χ1n) is 4.16. The van der Waals surface area contributed by atoms with Gasteiger partial charge >= 0.3 is 0 Å². The van der Waals surface area contributed by atoms with E-state index in [2.05, 4.69) is 0 Å². The maximum absolute atomic E-state index is 10.2. The lowest BCUT2D eigenvalue weighted by atomic mass is 9.90. The lowest BCUT2D eigenvalue weighted by molar-refractivity contribution is -0.115. The van der Waals surface area contributed by atoms with Crippen LogP contribution in [0.2, 0.25) is 0 Å². The number of hydrogen-bond acceptors (Lipinski definition) is 3. The molecule has 0 fully saturated rings. The first-order valence-corrected chi connectivity index (χ1v) is 4.16. The summed E-state index contributed by atoms with van der Waals surface area (Å²) in [5, 5.41) is 8.16. The molecular formula is C10H17NO2. The molecule has 0 bridgehead atoms. The van der Waals surface area contributed by atoms with Crippen molar-refractivity contribution in [3.63, 3.8) is 0 Å². The van der Waals surface area contributed by atoms with E-state index in [1.54, 1.807) is 0 Å². The van der Waals surface area contributed by atoms with Crippen molar-refractivity contribution in [2.45, 2.75) is 40.5 Å². The molecule has 74 valence electrons. The lowest BCUT2D eigenvalue weighted by Crippen LogP contribution is -2.11. The van der Waals surface area contributed by atoms with E-state index in [0.717, 1.165) is 6.29 Å². The van der Waals surface area contributed by atoms with Gasteiger partial charge in [-0.2, -0.15) is 5.26 Å². The minimum Gasteiger partial charge on any atom is -0.303 e. The fourth-order valence-corrected chi connectivity index (χ4v) is 0.437. The molecule has 0 radical (unpaired) electrons. The Kier molecular flexibility index (Phi) is 8.26. The SMILES string of the molecule is CC(C)(C=O)CCC#N.CC(C)=O. The Balaban J connectivity index is 0. The van der Waals surface area contributed by atoms with Gasteiger partial charge in [-0.3, -0.25) is 0 Å². The van der Waals surface area contributed by atoms with E-state index in [1.165, 1.54) is 13.8 Å². The van der Waals surface area contributed by atoms with Crippen molar-refractivity contribution in [2.75, 3.05) is 0 Å². The van der Waals surface area contributed by atoms with Crippen molar-refractivity contribution < 1.29 is 9.59 Å². The molecule has 0 saturated heterocycles. The van der Waals surface area contributed by atoms with Crippen LogP contribution in [-0.2, 0) is 9.59 Å². The summed E-state index contributed by atoms with van der Waals surface area (Å²) in [7, 11) is 0. The zero-order chi connectivity index (χ0) is 10.9. The number of aldehydes is 1. The Bertz CT molecular complexity index is 197. The van der Waals surface area contributed by atoms with Gasteiger partial charge in [-0.1, -0.05) is 13.8 Å². The van der Waals surface area contributed by atoms with E-state index in [9.17, 15) is 9.59 Å². The van der Waals surface area contributed by atoms with Crippen LogP contribution >= 0.6 is 0 Å². The van der Waals surface area contributed by atoms with E-state index in [1.807, 2.05) is 19.9 Å². The summed E-state index contributed by atoms with van der Waals surface area (Å²) < 4.78 is 0. The summed E-state index contributed by atoms with van der Waals surface area (Å²) in [6.45, 7) is 6.72. The van der Waals surface area contributed by atoms with Crippen LogP contribution in [0.5, 0.6) is 0 Å². The predicted octanol–water partition coefficient (Wildman–Crippen LogP) is 2.11. The summed E-state index contributed by atoms with van der Waals surface area (Å²) >= 11 is 0. The summed E-state index contributed by atoms with van der Waals surface area (Å²) in [5.74, 6) is 0.167. The Labute approximate surface area is 79.7 Å². The number of rotatable bonds is 3. The monoisotopic (exact) mass is 183 g/mol. The van der Waals surface area contributed by atoms with Gasteiger partial charge in [0.25, 0.3) is 0 Å². The van der Waals surface area contributed by atoms with E-state index in [0.29, 0.717) is 12.8 Å². The lowest BCUT2D eigenvalue weighted by Gasteiger charge is -2.12. The van der Waals surface area contributed by atoms with Crippen LogP contribution in [0.15, 0.2) is 0 Å². The predicted molar refractivity (Wildman–Crippen MR) is 51.0 cm³/mol. The van der Waals surface area contributed by atoms with Crippen molar-refractivity contribution in [3.8, 4) is 6.07 Å². The topological polar surface area (TPSA) is 57.9 Å². The average Bonchev–Trinajstić information content (AvgIpc) is 2.00. The van der Waals surface area contributed by atoms with Crippen molar-refractivity contribution in [3.05, 3.63) is 0 Å². The Morgan fingerprint density at radius 1 is 1.46 bits per heavy atom. The van der Waals surface area contributed by atoms with Crippen LogP contribution in [0, 0.1) is 16.7 Å². The van der Waals surface area contributed by atoms with E-state index in [4.69, 9.17) is 5.26 Å². The van der Waals surface area contributed by atoms with Gasteiger partial charge in [0.1, 0.15) is 12.1 Å². The smallest absolute Gasteiger partial charge is 0.126 e. The summed E-state index contributed by atoms with van der Waals surface area (Å²) in [6, 6.07) is 2.00. The highest BCUT2D eigenvalue weighted by Crippen LogP contribution is 2.17. The molecule has 0 heterocycles. The van der Waals surface area contributed by atoms with Gasteiger partial charge in [0.05, 0.1) is 6.07 Å². The quantitative estimate of drug-likeness (QED) is 0.629. The second-order valence-corrected chi connectivity index (χ2v) is 3.67. The van der Waals surface area contributed by atoms with Crippen LogP contribution in [0.1, 0.15) is 40.5 Å². The molecule has 0 rings (SSSR count). The largest absolute Gasteiger partial charge is 0.303 e. The second-order valence-electron chi connectivity index (χ2n) is 3.67. The fourth-order valence-electron chi connectivity index (χ4n) is 0.437.